The molecule has 0 unspecified atom stereocenters. The number of halogens is 1. The highest BCUT2D eigenvalue weighted by Gasteiger charge is 2.04. The van der Waals surface area contributed by atoms with Gasteiger partial charge in [0, 0.05) is 5.69 Å². The quantitative estimate of drug-likeness (QED) is 0.722. The van der Waals surface area contributed by atoms with Crippen molar-refractivity contribution in [3.8, 4) is 0 Å². The first kappa shape index (κ1) is 13.8. The van der Waals surface area contributed by atoms with E-state index >= 15 is 0 Å². The second-order valence-electron chi connectivity index (χ2n) is 4.26. The summed E-state index contributed by atoms with van der Waals surface area (Å²) in [5, 5.41) is 0.568. The zero-order chi connectivity index (χ0) is 12.0. The van der Waals surface area contributed by atoms with Crippen molar-refractivity contribution in [1.82, 2.24) is 9.97 Å². The van der Waals surface area contributed by atoms with Gasteiger partial charge < -0.3 is 0 Å². The van der Waals surface area contributed by atoms with Gasteiger partial charge in [0.15, 0.2) is 0 Å². The van der Waals surface area contributed by atoms with Crippen LogP contribution >= 0.6 is 23.4 Å². The van der Waals surface area contributed by atoms with Crippen LogP contribution in [-0.2, 0) is 12.2 Å². The lowest BCUT2D eigenvalue weighted by Crippen LogP contribution is -2.00. The van der Waals surface area contributed by atoms with Crippen molar-refractivity contribution in [2.45, 2.75) is 39.4 Å². The molecule has 0 aromatic carbocycles. The van der Waals surface area contributed by atoms with E-state index in [1.807, 2.05) is 17.8 Å². The first-order valence-electron chi connectivity index (χ1n) is 5.72. The number of aromatic nitrogens is 2. The van der Waals surface area contributed by atoms with Gasteiger partial charge in [-0.3, -0.25) is 0 Å². The Morgan fingerprint density at radius 1 is 1.38 bits per heavy atom. The standard InChI is InChI=1S/C12H19ClN2S/c1-4-5-10-6-11(13)15-12(14-10)8-16-7-9(2)3/h6,9H,4-5,7-8H2,1-3H3. The van der Waals surface area contributed by atoms with Crippen LogP contribution in [0, 0.1) is 5.92 Å². The van der Waals surface area contributed by atoms with E-state index in [0.717, 1.165) is 35.9 Å². The molecule has 0 fully saturated rings. The van der Waals surface area contributed by atoms with E-state index in [1.54, 1.807) is 0 Å². The van der Waals surface area contributed by atoms with Crippen LogP contribution in [0.25, 0.3) is 0 Å². The van der Waals surface area contributed by atoms with Crippen molar-refractivity contribution in [2.75, 3.05) is 5.75 Å². The predicted octanol–water partition coefficient (Wildman–Crippen LogP) is 3.97. The fourth-order valence-electron chi connectivity index (χ4n) is 1.35. The van der Waals surface area contributed by atoms with E-state index in [1.165, 1.54) is 0 Å². The topological polar surface area (TPSA) is 25.8 Å². The lowest BCUT2D eigenvalue weighted by Gasteiger charge is -2.05. The van der Waals surface area contributed by atoms with Crippen molar-refractivity contribution in [3.05, 3.63) is 22.7 Å². The highest BCUT2D eigenvalue weighted by molar-refractivity contribution is 7.98. The van der Waals surface area contributed by atoms with Gasteiger partial charge >= 0.3 is 0 Å². The first-order valence-corrected chi connectivity index (χ1v) is 7.25. The summed E-state index contributed by atoms with van der Waals surface area (Å²) >= 11 is 7.83. The van der Waals surface area contributed by atoms with Gasteiger partial charge in [-0.1, -0.05) is 38.8 Å². The molecule has 0 radical (unpaired) electrons. The molecular formula is C12H19ClN2S. The fraction of sp³-hybridized carbons (Fsp3) is 0.667. The van der Waals surface area contributed by atoms with Crippen LogP contribution in [0.15, 0.2) is 6.07 Å². The fourth-order valence-corrected chi connectivity index (χ4v) is 2.48. The van der Waals surface area contributed by atoms with Crippen molar-refractivity contribution in [3.63, 3.8) is 0 Å². The molecule has 0 bridgehead atoms. The van der Waals surface area contributed by atoms with Gasteiger partial charge in [0.25, 0.3) is 0 Å². The average molecular weight is 259 g/mol. The van der Waals surface area contributed by atoms with Crippen molar-refractivity contribution in [1.29, 1.82) is 0 Å². The number of thioether (sulfide) groups is 1. The second-order valence-corrected chi connectivity index (χ2v) is 5.67. The van der Waals surface area contributed by atoms with Crippen LogP contribution in [0.2, 0.25) is 5.15 Å². The van der Waals surface area contributed by atoms with Crippen LogP contribution < -0.4 is 0 Å². The number of nitrogens with zero attached hydrogens (tertiary/aromatic N) is 2. The predicted molar refractivity (Wildman–Crippen MR) is 72.0 cm³/mol. The third kappa shape index (κ3) is 5.17. The number of hydrogen-bond donors (Lipinski definition) is 0. The van der Waals surface area contributed by atoms with E-state index in [4.69, 9.17) is 11.6 Å². The molecule has 1 aromatic rings. The summed E-state index contributed by atoms with van der Waals surface area (Å²) in [7, 11) is 0. The summed E-state index contributed by atoms with van der Waals surface area (Å²) in [6.45, 7) is 6.58. The minimum absolute atomic E-state index is 0.568. The molecular weight excluding hydrogens is 240 g/mol. The summed E-state index contributed by atoms with van der Waals surface area (Å²) in [4.78, 5) is 8.75. The van der Waals surface area contributed by atoms with Gasteiger partial charge in [0.1, 0.15) is 11.0 Å². The molecule has 0 saturated heterocycles. The molecule has 0 aliphatic rings. The molecule has 90 valence electrons. The Balaban J connectivity index is 2.58. The van der Waals surface area contributed by atoms with Gasteiger partial charge in [-0.25, -0.2) is 9.97 Å². The minimum Gasteiger partial charge on any atom is -0.237 e. The summed E-state index contributed by atoms with van der Waals surface area (Å²) in [6, 6.07) is 1.86. The van der Waals surface area contributed by atoms with Crippen molar-refractivity contribution >= 4 is 23.4 Å². The lowest BCUT2D eigenvalue weighted by atomic mass is 10.2. The van der Waals surface area contributed by atoms with E-state index < -0.39 is 0 Å². The molecule has 4 heteroatoms. The Morgan fingerprint density at radius 3 is 2.75 bits per heavy atom. The van der Waals surface area contributed by atoms with Gasteiger partial charge in [-0.2, -0.15) is 11.8 Å². The normalized spacial score (nSPS) is 11.1. The van der Waals surface area contributed by atoms with Gasteiger partial charge in [-0.15, -0.1) is 0 Å². The summed E-state index contributed by atoms with van der Waals surface area (Å²) in [6.07, 6.45) is 2.07. The summed E-state index contributed by atoms with van der Waals surface area (Å²) < 4.78 is 0. The monoisotopic (exact) mass is 258 g/mol. The second kappa shape index (κ2) is 7.13. The molecule has 0 N–H and O–H groups in total. The minimum atomic E-state index is 0.568. The maximum Gasteiger partial charge on any atom is 0.140 e. The largest absolute Gasteiger partial charge is 0.237 e. The smallest absolute Gasteiger partial charge is 0.140 e. The van der Waals surface area contributed by atoms with Gasteiger partial charge in [0.05, 0.1) is 5.75 Å². The molecule has 2 nitrogen and oxygen atoms in total. The molecule has 0 aliphatic carbocycles. The molecule has 1 heterocycles. The van der Waals surface area contributed by atoms with Crippen molar-refractivity contribution < 1.29 is 0 Å². The molecule has 0 atom stereocenters. The third-order valence-electron chi connectivity index (χ3n) is 1.98. The van der Waals surface area contributed by atoms with Crippen LogP contribution in [0.1, 0.15) is 38.7 Å². The van der Waals surface area contributed by atoms with Crippen LogP contribution in [0.5, 0.6) is 0 Å². The zero-order valence-corrected chi connectivity index (χ0v) is 11.7. The van der Waals surface area contributed by atoms with E-state index in [0.29, 0.717) is 11.1 Å². The number of hydrogen-bond acceptors (Lipinski definition) is 3. The lowest BCUT2D eigenvalue weighted by molar-refractivity contribution is 0.749. The molecule has 0 aliphatic heterocycles. The zero-order valence-electron chi connectivity index (χ0n) is 10.2. The third-order valence-corrected chi connectivity index (χ3v) is 3.54. The molecule has 16 heavy (non-hydrogen) atoms. The van der Waals surface area contributed by atoms with E-state index in [9.17, 15) is 0 Å². The summed E-state index contributed by atoms with van der Waals surface area (Å²) in [5.41, 5.74) is 1.06. The Morgan fingerprint density at radius 2 is 2.12 bits per heavy atom. The van der Waals surface area contributed by atoms with E-state index in [2.05, 4.69) is 30.7 Å². The Labute approximate surface area is 107 Å². The molecule has 0 spiro atoms. The molecule has 0 amide bonds. The summed E-state index contributed by atoms with van der Waals surface area (Å²) in [5.74, 6) is 3.56. The molecule has 0 saturated carbocycles. The SMILES string of the molecule is CCCc1cc(Cl)nc(CSCC(C)C)n1. The van der Waals surface area contributed by atoms with E-state index in [-0.39, 0.29) is 0 Å². The Kier molecular flexibility index (Phi) is 6.14. The highest BCUT2D eigenvalue weighted by atomic mass is 35.5. The van der Waals surface area contributed by atoms with Crippen LogP contribution in [0.3, 0.4) is 0 Å². The van der Waals surface area contributed by atoms with Crippen molar-refractivity contribution in [2.24, 2.45) is 5.92 Å². The highest BCUT2D eigenvalue weighted by Crippen LogP contribution is 2.15. The van der Waals surface area contributed by atoms with Crippen LogP contribution in [0.4, 0.5) is 0 Å². The first-order chi connectivity index (χ1) is 7.61. The number of aryl methyl sites for hydroxylation is 1. The Hall–Kier alpha value is -0.280. The molecule has 1 aromatic heterocycles. The maximum atomic E-state index is 5.97. The Bertz CT molecular complexity index is 329. The van der Waals surface area contributed by atoms with Gasteiger partial charge in [-0.05, 0) is 24.2 Å². The van der Waals surface area contributed by atoms with Crippen LogP contribution in [-0.4, -0.2) is 15.7 Å². The number of rotatable bonds is 6. The maximum absolute atomic E-state index is 5.97. The van der Waals surface area contributed by atoms with Gasteiger partial charge in [0.2, 0.25) is 0 Å². The average Bonchev–Trinajstić information content (AvgIpc) is 2.16. The molecule has 1 rings (SSSR count).